The molecule has 0 aliphatic carbocycles. The summed E-state index contributed by atoms with van der Waals surface area (Å²) >= 11 is 0. The number of nitro groups is 1. The summed E-state index contributed by atoms with van der Waals surface area (Å²) in [6, 6.07) is 6.87. The number of pyridine rings is 1. The van der Waals surface area contributed by atoms with Crippen LogP contribution in [0.3, 0.4) is 0 Å². The number of nitrogens with one attached hydrogen (secondary N) is 1. The number of fused-ring (bicyclic) bond motifs is 1. The third kappa shape index (κ3) is 7.14. The predicted molar refractivity (Wildman–Crippen MR) is 176 cm³/mol. The number of allylic oxidation sites excluding steroid dienone is 1. The summed E-state index contributed by atoms with van der Waals surface area (Å²) in [7, 11) is 7.17. The Bertz CT molecular complexity index is 1620. The van der Waals surface area contributed by atoms with E-state index in [1.165, 1.54) is 19.4 Å². The van der Waals surface area contributed by atoms with Gasteiger partial charge < -0.3 is 29.5 Å². The number of esters is 1. The number of rotatable bonds is 12. The van der Waals surface area contributed by atoms with Gasteiger partial charge in [0.1, 0.15) is 17.0 Å². The summed E-state index contributed by atoms with van der Waals surface area (Å²) < 4.78 is 11.2. The molecule has 1 N–H and O–H groups in total. The molecule has 45 heavy (non-hydrogen) atoms. The van der Waals surface area contributed by atoms with Crippen LogP contribution in [0, 0.1) is 10.1 Å². The number of carbonyl (C=O) groups is 1. The second-order valence-corrected chi connectivity index (χ2v) is 12.3. The van der Waals surface area contributed by atoms with Crippen LogP contribution in [0.4, 0.5) is 34.5 Å². The Kier molecular flexibility index (Phi) is 9.62. The Morgan fingerprint density at radius 3 is 2.51 bits per heavy atom. The van der Waals surface area contributed by atoms with Crippen molar-refractivity contribution in [1.82, 2.24) is 19.9 Å². The molecule has 0 radical (unpaired) electrons. The molecule has 240 valence electrons. The SMILES string of the molecule is C=C(C)c1ccc2c(n1)C(C)(C)CN2c1nc(Nc2cc([N+](=O)[O-])c(N(C)CCN(C)C)cc2OC)ncc1C(=O)OC(C)C. The first kappa shape index (κ1) is 33.1. The average Bonchev–Trinajstić information content (AvgIpc) is 3.24. The minimum absolute atomic E-state index is 0.105. The van der Waals surface area contributed by atoms with E-state index >= 15 is 0 Å². The summed E-state index contributed by atoms with van der Waals surface area (Å²) in [6.07, 6.45) is 1.05. The highest BCUT2D eigenvalue weighted by atomic mass is 16.6. The number of likely N-dealkylation sites (N-methyl/N-ethyl adjacent to an activating group) is 2. The van der Waals surface area contributed by atoms with Gasteiger partial charge in [0.2, 0.25) is 5.95 Å². The van der Waals surface area contributed by atoms with E-state index in [-0.39, 0.29) is 28.7 Å². The smallest absolute Gasteiger partial charge is 0.343 e. The summed E-state index contributed by atoms with van der Waals surface area (Å²) in [5, 5.41) is 15.2. The Morgan fingerprint density at radius 2 is 1.91 bits per heavy atom. The van der Waals surface area contributed by atoms with Gasteiger partial charge in [-0.25, -0.2) is 9.78 Å². The first-order valence-electron chi connectivity index (χ1n) is 14.6. The minimum atomic E-state index is -0.567. The molecular weight excluding hydrogens is 576 g/mol. The molecule has 0 saturated carbocycles. The maximum Gasteiger partial charge on any atom is 0.343 e. The molecule has 0 unspecified atom stereocenters. The monoisotopic (exact) mass is 618 g/mol. The highest BCUT2D eigenvalue weighted by molar-refractivity contribution is 5.96. The fraction of sp³-hybridized carbons (Fsp3) is 0.438. The van der Waals surface area contributed by atoms with Crippen molar-refractivity contribution in [2.45, 2.75) is 46.1 Å². The number of nitro benzene ring substituents is 1. The lowest BCUT2D eigenvalue weighted by Crippen LogP contribution is -2.29. The van der Waals surface area contributed by atoms with Crippen molar-refractivity contribution in [2.24, 2.45) is 0 Å². The van der Waals surface area contributed by atoms with Crippen LogP contribution in [0.2, 0.25) is 0 Å². The number of methoxy groups -OCH3 is 1. The van der Waals surface area contributed by atoms with E-state index in [2.05, 4.69) is 30.7 Å². The van der Waals surface area contributed by atoms with E-state index in [0.717, 1.165) is 22.6 Å². The van der Waals surface area contributed by atoms with Gasteiger partial charge in [0.05, 0.1) is 40.9 Å². The topological polar surface area (TPSA) is 139 Å². The van der Waals surface area contributed by atoms with E-state index in [9.17, 15) is 14.9 Å². The van der Waals surface area contributed by atoms with Crippen LogP contribution in [-0.2, 0) is 10.2 Å². The Morgan fingerprint density at radius 1 is 1.20 bits per heavy atom. The van der Waals surface area contributed by atoms with E-state index < -0.39 is 10.9 Å². The number of ether oxygens (including phenoxy) is 2. The fourth-order valence-corrected chi connectivity index (χ4v) is 5.08. The first-order chi connectivity index (χ1) is 21.1. The molecule has 1 aliphatic heterocycles. The molecule has 1 aromatic carbocycles. The van der Waals surface area contributed by atoms with E-state index in [1.54, 1.807) is 27.0 Å². The van der Waals surface area contributed by atoms with Gasteiger partial charge in [0, 0.05) is 50.4 Å². The lowest BCUT2D eigenvalue weighted by Gasteiger charge is -2.24. The highest BCUT2D eigenvalue weighted by Crippen LogP contribution is 2.45. The Hall–Kier alpha value is -4.78. The van der Waals surface area contributed by atoms with Crippen LogP contribution < -0.4 is 19.9 Å². The lowest BCUT2D eigenvalue weighted by atomic mass is 9.91. The van der Waals surface area contributed by atoms with Gasteiger partial charge in [0.15, 0.2) is 5.82 Å². The zero-order valence-electron chi connectivity index (χ0n) is 27.5. The van der Waals surface area contributed by atoms with Gasteiger partial charge >= 0.3 is 5.97 Å². The van der Waals surface area contributed by atoms with E-state index in [0.29, 0.717) is 42.6 Å². The quantitative estimate of drug-likeness (QED) is 0.154. The van der Waals surface area contributed by atoms with Gasteiger partial charge in [-0.2, -0.15) is 4.98 Å². The second-order valence-electron chi connectivity index (χ2n) is 12.3. The van der Waals surface area contributed by atoms with E-state index in [1.807, 2.05) is 47.9 Å². The highest BCUT2D eigenvalue weighted by Gasteiger charge is 2.40. The molecule has 13 heteroatoms. The van der Waals surface area contributed by atoms with Crippen molar-refractivity contribution in [1.29, 1.82) is 0 Å². The third-order valence-electron chi connectivity index (χ3n) is 7.42. The van der Waals surface area contributed by atoms with Gasteiger partial charge in [-0.1, -0.05) is 20.4 Å². The molecule has 3 aromatic rings. The van der Waals surface area contributed by atoms with Crippen molar-refractivity contribution >= 4 is 46.1 Å². The average molecular weight is 619 g/mol. The minimum Gasteiger partial charge on any atom is -0.494 e. The number of hydrogen-bond acceptors (Lipinski definition) is 12. The molecule has 0 atom stereocenters. The number of carbonyl (C=O) groups excluding carboxylic acids is 1. The molecule has 0 bridgehead atoms. The van der Waals surface area contributed by atoms with Gasteiger partial charge in [0.25, 0.3) is 5.69 Å². The molecule has 13 nitrogen and oxygen atoms in total. The fourth-order valence-electron chi connectivity index (χ4n) is 5.08. The van der Waals surface area contributed by atoms with Crippen LogP contribution in [0.15, 0.2) is 37.0 Å². The molecule has 0 amide bonds. The van der Waals surface area contributed by atoms with Crippen LogP contribution in [0.5, 0.6) is 5.75 Å². The molecule has 3 heterocycles. The predicted octanol–water partition coefficient (Wildman–Crippen LogP) is 5.56. The molecule has 2 aromatic heterocycles. The molecule has 0 fully saturated rings. The number of anilines is 5. The van der Waals surface area contributed by atoms with Crippen molar-refractivity contribution in [3.05, 3.63) is 64.1 Å². The van der Waals surface area contributed by atoms with E-state index in [4.69, 9.17) is 19.4 Å². The zero-order chi connectivity index (χ0) is 33.2. The summed E-state index contributed by atoms with van der Waals surface area (Å²) in [5.74, 6) is 0.237. The largest absolute Gasteiger partial charge is 0.494 e. The normalized spacial score (nSPS) is 13.5. The Balaban J connectivity index is 1.81. The number of nitrogens with zero attached hydrogens (tertiary/aromatic N) is 7. The van der Waals surface area contributed by atoms with Crippen molar-refractivity contribution < 1.29 is 19.2 Å². The molecule has 1 aliphatic rings. The molecule has 0 saturated heterocycles. The molecule has 0 spiro atoms. The summed E-state index contributed by atoms with van der Waals surface area (Å²) in [4.78, 5) is 44.8. The standard InChI is InChI=1S/C32H42N8O5/c1-19(2)22-11-12-24-28(34-22)32(5,6)18-39(24)29-21(30(41)45-20(3)4)17-33-31(36-29)35-23-15-26(40(42)43)25(16-27(23)44-10)38(9)14-13-37(7)8/h11-12,15-17,20H,1,13-14,18H2,2-10H3,(H,33,35,36). The van der Waals surface area contributed by atoms with Crippen LogP contribution in [-0.4, -0.2) is 84.7 Å². The van der Waals surface area contributed by atoms with Gasteiger partial charge in [-0.15, -0.1) is 0 Å². The second kappa shape index (κ2) is 13.1. The molecule has 4 rings (SSSR count). The zero-order valence-corrected chi connectivity index (χ0v) is 27.5. The summed E-state index contributed by atoms with van der Waals surface area (Å²) in [5.41, 5.74) is 3.69. The van der Waals surface area contributed by atoms with Crippen molar-refractivity contribution in [3.8, 4) is 5.75 Å². The van der Waals surface area contributed by atoms with Crippen LogP contribution in [0.1, 0.15) is 56.4 Å². The van der Waals surface area contributed by atoms with Crippen molar-refractivity contribution in [2.75, 3.05) is 63.0 Å². The number of aromatic nitrogens is 3. The van der Waals surface area contributed by atoms with Gasteiger partial charge in [-0.3, -0.25) is 15.1 Å². The Labute approximate surface area is 264 Å². The third-order valence-corrected chi connectivity index (χ3v) is 7.42. The van der Waals surface area contributed by atoms with Crippen molar-refractivity contribution in [3.63, 3.8) is 0 Å². The summed E-state index contributed by atoms with van der Waals surface area (Å²) in [6.45, 7) is 15.4. The van der Waals surface area contributed by atoms with Crippen LogP contribution >= 0.6 is 0 Å². The maximum atomic E-state index is 13.3. The molecular formula is C32H42N8O5. The van der Waals surface area contributed by atoms with Gasteiger partial charge in [-0.05, 0) is 52.6 Å². The number of hydrogen-bond donors (Lipinski definition) is 1. The lowest BCUT2D eigenvalue weighted by molar-refractivity contribution is -0.384. The van der Waals surface area contributed by atoms with Crippen LogP contribution in [0.25, 0.3) is 5.57 Å². The first-order valence-corrected chi connectivity index (χ1v) is 14.6. The number of benzene rings is 1. The maximum absolute atomic E-state index is 13.3.